The lowest BCUT2D eigenvalue weighted by atomic mass is 9.88. The van der Waals surface area contributed by atoms with Crippen molar-refractivity contribution in [2.75, 3.05) is 5.75 Å². The Morgan fingerprint density at radius 2 is 1.91 bits per heavy atom. The van der Waals surface area contributed by atoms with Crippen molar-refractivity contribution in [3.8, 4) is 6.07 Å². The number of nitriles is 1. The van der Waals surface area contributed by atoms with Gasteiger partial charge in [-0.05, 0) is 43.7 Å². The van der Waals surface area contributed by atoms with Crippen LogP contribution >= 0.6 is 11.8 Å². The molecule has 1 aromatic heterocycles. The van der Waals surface area contributed by atoms with E-state index < -0.39 is 0 Å². The van der Waals surface area contributed by atoms with E-state index in [0.717, 1.165) is 30.5 Å². The van der Waals surface area contributed by atoms with Gasteiger partial charge in [0.1, 0.15) is 11.1 Å². The molecule has 0 saturated heterocycles. The molecule has 2 aromatic rings. The minimum Gasteiger partial charge on any atom is -0.293 e. The van der Waals surface area contributed by atoms with Crippen LogP contribution in [0, 0.1) is 18.3 Å². The van der Waals surface area contributed by atoms with E-state index in [4.69, 9.17) is 0 Å². The van der Waals surface area contributed by atoms with Crippen LogP contribution in [0.3, 0.4) is 0 Å². The fourth-order valence-electron chi connectivity index (χ4n) is 3.05. The molecule has 4 heteroatoms. The molecule has 0 N–H and O–H groups in total. The first kappa shape index (κ1) is 15.8. The number of hydrogen-bond acceptors (Lipinski definition) is 4. The minimum absolute atomic E-state index is 0.0664. The Hall–Kier alpha value is -2.12. The number of benzene rings is 1. The number of fused-ring (bicyclic) bond motifs is 1. The molecule has 1 aromatic carbocycles. The second-order valence-corrected chi connectivity index (χ2v) is 6.70. The van der Waals surface area contributed by atoms with Gasteiger partial charge in [0.05, 0.1) is 11.3 Å². The first-order valence-electron chi connectivity index (χ1n) is 7.84. The summed E-state index contributed by atoms with van der Waals surface area (Å²) in [7, 11) is 0. The minimum atomic E-state index is 0.0664. The number of nitrogens with zero attached hydrogens (tertiary/aromatic N) is 2. The Kier molecular flexibility index (Phi) is 4.78. The fourth-order valence-corrected chi connectivity index (χ4v) is 4.00. The smallest absolute Gasteiger partial charge is 0.173 e. The number of aromatic nitrogens is 1. The number of rotatable bonds is 4. The Labute approximate surface area is 140 Å². The van der Waals surface area contributed by atoms with Gasteiger partial charge in [-0.25, -0.2) is 4.98 Å². The molecule has 1 aliphatic carbocycles. The van der Waals surface area contributed by atoms with Gasteiger partial charge in [-0.3, -0.25) is 4.79 Å². The number of pyridine rings is 1. The summed E-state index contributed by atoms with van der Waals surface area (Å²) >= 11 is 1.38. The maximum Gasteiger partial charge on any atom is 0.173 e. The van der Waals surface area contributed by atoms with Crippen LogP contribution in [0.5, 0.6) is 0 Å². The molecule has 0 aliphatic heterocycles. The Bertz CT molecular complexity index is 778. The second kappa shape index (κ2) is 6.97. The van der Waals surface area contributed by atoms with Crippen LogP contribution < -0.4 is 0 Å². The summed E-state index contributed by atoms with van der Waals surface area (Å²) in [4.78, 5) is 16.9. The molecule has 3 rings (SSSR count). The predicted molar refractivity (Wildman–Crippen MR) is 91.8 cm³/mol. The highest BCUT2D eigenvalue weighted by Crippen LogP contribution is 2.32. The summed E-state index contributed by atoms with van der Waals surface area (Å²) < 4.78 is 0. The number of aryl methyl sites for hydroxylation is 1. The topological polar surface area (TPSA) is 53.8 Å². The van der Waals surface area contributed by atoms with Gasteiger partial charge in [-0.1, -0.05) is 42.1 Å². The van der Waals surface area contributed by atoms with Crippen molar-refractivity contribution in [1.29, 1.82) is 5.26 Å². The normalized spacial score (nSPS) is 13.2. The molecular formula is C19H18N2OS. The van der Waals surface area contributed by atoms with Crippen molar-refractivity contribution in [1.82, 2.24) is 4.98 Å². The maximum atomic E-state index is 12.3. The molecule has 23 heavy (non-hydrogen) atoms. The third-order valence-electron chi connectivity index (χ3n) is 4.24. The van der Waals surface area contributed by atoms with Crippen LogP contribution in [0.1, 0.15) is 45.6 Å². The lowest BCUT2D eigenvalue weighted by Crippen LogP contribution is -2.11. The number of carbonyl (C=O) groups is 1. The van der Waals surface area contributed by atoms with E-state index in [2.05, 4.69) is 11.1 Å². The molecule has 3 nitrogen and oxygen atoms in total. The SMILES string of the molecule is Cc1nc(SCC(=O)c2ccccc2)c(C#N)c2c1CCCC2. The second-order valence-electron chi connectivity index (χ2n) is 5.73. The largest absolute Gasteiger partial charge is 0.293 e. The van der Waals surface area contributed by atoms with Gasteiger partial charge in [0.25, 0.3) is 0 Å². The van der Waals surface area contributed by atoms with Crippen LogP contribution in [-0.4, -0.2) is 16.5 Å². The van der Waals surface area contributed by atoms with Crippen LogP contribution in [0.4, 0.5) is 0 Å². The zero-order valence-electron chi connectivity index (χ0n) is 13.1. The quantitative estimate of drug-likeness (QED) is 0.628. The Balaban J connectivity index is 1.85. The zero-order chi connectivity index (χ0) is 16.2. The molecule has 0 atom stereocenters. The van der Waals surface area contributed by atoms with Crippen LogP contribution in [-0.2, 0) is 12.8 Å². The van der Waals surface area contributed by atoms with Gasteiger partial charge < -0.3 is 0 Å². The molecule has 0 fully saturated rings. The molecule has 0 radical (unpaired) electrons. The van der Waals surface area contributed by atoms with Crippen LogP contribution in [0.15, 0.2) is 35.4 Å². The predicted octanol–water partition coefficient (Wildman–Crippen LogP) is 4.12. The van der Waals surface area contributed by atoms with Gasteiger partial charge in [0.15, 0.2) is 5.78 Å². The molecule has 0 spiro atoms. The Morgan fingerprint density at radius 3 is 2.61 bits per heavy atom. The van der Waals surface area contributed by atoms with E-state index in [0.29, 0.717) is 21.9 Å². The monoisotopic (exact) mass is 322 g/mol. The number of Topliss-reactive ketones (excluding diaryl/α,β-unsaturated/α-hetero) is 1. The van der Waals surface area contributed by atoms with E-state index in [1.54, 1.807) is 0 Å². The summed E-state index contributed by atoms with van der Waals surface area (Å²) in [5, 5.41) is 10.3. The van der Waals surface area contributed by atoms with E-state index in [1.807, 2.05) is 37.3 Å². The van der Waals surface area contributed by atoms with Gasteiger partial charge in [-0.15, -0.1) is 0 Å². The highest BCUT2D eigenvalue weighted by atomic mass is 32.2. The molecule has 0 amide bonds. The van der Waals surface area contributed by atoms with Gasteiger partial charge in [0.2, 0.25) is 0 Å². The summed E-state index contributed by atoms with van der Waals surface area (Å²) in [6, 6.07) is 11.6. The standard InChI is InChI=1S/C19H18N2OS/c1-13-15-9-5-6-10-16(15)17(11-20)19(21-13)23-12-18(22)14-7-3-2-4-8-14/h2-4,7-8H,5-6,9-10,12H2,1H3. The van der Waals surface area contributed by atoms with Crippen molar-refractivity contribution in [3.63, 3.8) is 0 Å². The average molecular weight is 322 g/mol. The summed E-state index contributed by atoms with van der Waals surface area (Å²) in [6.45, 7) is 2.01. The van der Waals surface area contributed by atoms with Crippen LogP contribution in [0.2, 0.25) is 0 Å². The van der Waals surface area contributed by atoms with Gasteiger partial charge in [0, 0.05) is 11.3 Å². The van der Waals surface area contributed by atoms with Crippen molar-refractivity contribution in [2.24, 2.45) is 0 Å². The highest BCUT2D eigenvalue weighted by molar-refractivity contribution is 8.00. The zero-order valence-corrected chi connectivity index (χ0v) is 13.9. The van der Waals surface area contributed by atoms with Crippen molar-refractivity contribution >= 4 is 17.5 Å². The van der Waals surface area contributed by atoms with Crippen LogP contribution in [0.25, 0.3) is 0 Å². The third-order valence-corrected chi connectivity index (χ3v) is 5.21. The summed E-state index contributed by atoms with van der Waals surface area (Å²) in [5.74, 6) is 0.376. The fraction of sp³-hybridized carbons (Fsp3) is 0.316. The number of thioether (sulfide) groups is 1. The molecule has 116 valence electrons. The van der Waals surface area contributed by atoms with Gasteiger partial charge in [-0.2, -0.15) is 5.26 Å². The lowest BCUT2D eigenvalue weighted by Gasteiger charge is -2.20. The molecular weight excluding hydrogens is 304 g/mol. The molecule has 1 aliphatic rings. The number of ketones is 1. The molecule has 0 bridgehead atoms. The molecule has 0 unspecified atom stereocenters. The summed E-state index contributed by atoms with van der Waals surface area (Å²) in [6.07, 6.45) is 4.25. The molecule has 1 heterocycles. The average Bonchev–Trinajstić information content (AvgIpc) is 2.60. The van der Waals surface area contributed by atoms with Crippen molar-refractivity contribution in [3.05, 3.63) is 58.3 Å². The van der Waals surface area contributed by atoms with E-state index in [1.165, 1.54) is 23.7 Å². The number of hydrogen-bond donors (Lipinski definition) is 0. The Morgan fingerprint density at radius 1 is 1.22 bits per heavy atom. The van der Waals surface area contributed by atoms with E-state index in [-0.39, 0.29) is 5.78 Å². The third kappa shape index (κ3) is 3.30. The summed E-state index contributed by atoms with van der Waals surface area (Å²) in [5.41, 5.74) is 4.78. The van der Waals surface area contributed by atoms with E-state index in [9.17, 15) is 10.1 Å². The van der Waals surface area contributed by atoms with Crippen molar-refractivity contribution in [2.45, 2.75) is 37.6 Å². The van der Waals surface area contributed by atoms with E-state index >= 15 is 0 Å². The first-order chi connectivity index (χ1) is 11.2. The maximum absolute atomic E-state index is 12.3. The van der Waals surface area contributed by atoms with Crippen molar-refractivity contribution < 1.29 is 4.79 Å². The highest BCUT2D eigenvalue weighted by Gasteiger charge is 2.21. The lowest BCUT2D eigenvalue weighted by molar-refractivity contribution is 0.102. The first-order valence-corrected chi connectivity index (χ1v) is 8.82. The number of carbonyl (C=O) groups excluding carboxylic acids is 1. The van der Waals surface area contributed by atoms with Gasteiger partial charge >= 0.3 is 0 Å². The molecule has 0 saturated carbocycles.